The van der Waals surface area contributed by atoms with Crippen molar-refractivity contribution in [2.24, 2.45) is 0 Å². The van der Waals surface area contributed by atoms with Crippen LogP contribution in [0.2, 0.25) is 0 Å². The molecule has 5 heteroatoms. The molecule has 0 aliphatic carbocycles. The molecule has 3 aromatic rings. The van der Waals surface area contributed by atoms with Gasteiger partial charge < -0.3 is 10.1 Å². The molecule has 23 heavy (non-hydrogen) atoms. The molecule has 0 saturated heterocycles. The molecule has 0 fully saturated rings. The van der Waals surface area contributed by atoms with Gasteiger partial charge in [0.1, 0.15) is 11.6 Å². The van der Waals surface area contributed by atoms with Crippen LogP contribution in [0.25, 0.3) is 10.2 Å². The van der Waals surface area contributed by atoms with Gasteiger partial charge in [0.15, 0.2) is 0 Å². The number of rotatable bonds is 5. The van der Waals surface area contributed by atoms with E-state index in [1.54, 1.807) is 11.3 Å². The Hall–Kier alpha value is -2.24. The lowest BCUT2D eigenvalue weighted by Crippen LogP contribution is -2.18. The molecular weight excluding hydrogens is 308 g/mol. The molecule has 0 atom stereocenters. The number of benzene rings is 2. The van der Waals surface area contributed by atoms with Crippen LogP contribution >= 0.6 is 11.3 Å². The Bertz CT molecular complexity index is 809. The first-order valence-corrected chi connectivity index (χ1v) is 8.23. The van der Waals surface area contributed by atoms with Gasteiger partial charge in [-0.1, -0.05) is 24.3 Å². The summed E-state index contributed by atoms with van der Waals surface area (Å²) in [6, 6.07) is 13.8. The number of thiazole rings is 1. The second-order valence-electron chi connectivity index (χ2n) is 5.36. The van der Waals surface area contributed by atoms with Gasteiger partial charge in [-0.25, -0.2) is 4.98 Å². The normalized spacial score (nSPS) is 10.9. The average molecular weight is 326 g/mol. The fourth-order valence-electron chi connectivity index (χ4n) is 2.29. The number of carbonyl (C=O) groups is 1. The molecule has 0 aliphatic rings. The summed E-state index contributed by atoms with van der Waals surface area (Å²) in [5.41, 5.74) is 4.03. The van der Waals surface area contributed by atoms with Gasteiger partial charge in [0.05, 0.1) is 16.8 Å². The van der Waals surface area contributed by atoms with Crippen molar-refractivity contribution in [3.05, 3.63) is 58.6 Å². The van der Waals surface area contributed by atoms with Gasteiger partial charge in [-0.05, 0) is 43.2 Å². The van der Waals surface area contributed by atoms with E-state index in [9.17, 15) is 4.79 Å². The Morgan fingerprint density at radius 1 is 1.17 bits per heavy atom. The van der Waals surface area contributed by atoms with Crippen molar-refractivity contribution in [1.29, 1.82) is 0 Å². The van der Waals surface area contributed by atoms with E-state index in [2.05, 4.69) is 10.3 Å². The van der Waals surface area contributed by atoms with E-state index >= 15 is 0 Å². The molecule has 0 radical (unpaired) electrons. The van der Waals surface area contributed by atoms with Crippen LogP contribution < -0.4 is 5.32 Å². The van der Waals surface area contributed by atoms with Gasteiger partial charge in [-0.3, -0.25) is 4.79 Å². The van der Waals surface area contributed by atoms with Crippen molar-refractivity contribution in [3.63, 3.8) is 0 Å². The molecule has 4 nitrogen and oxygen atoms in total. The molecular formula is C18H18N2O2S. The number of fused-ring (bicyclic) bond motifs is 1. The van der Waals surface area contributed by atoms with E-state index < -0.39 is 0 Å². The van der Waals surface area contributed by atoms with Crippen molar-refractivity contribution >= 4 is 33.1 Å². The van der Waals surface area contributed by atoms with Gasteiger partial charge in [0.2, 0.25) is 5.91 Å². The Balaban J connectivity index is 1.54. The largest absolute Gasteiger partial charge is 0.364 e. The second kappa shape index (κ2) is 6.89. The number of hydrogen-bond donors (Lipinski definition) is 1. The summed E-state index contributed by atoms with van der Waals surface area (Å²) in [6.45, 7) is 4.38. The van der Waals surface area contributed by atoms with Crippen LogP contribution in [0.5, 0.6) is 0 Å². The third kappa shape index (κ3) is 3.75. The van der Waals surface area contributed by atoms with Gasteiger partial charge in [-0.15, -0.1) is 11.3 Å². The molecule has 2 aromatic carbocycles. The van der Waals surface area contributed by atoms with Crippen molar-refractivity contribution in [2.75, 3.05) is 11.9 Å². The molecule has 1 aromatic heterocycles. The fraction of sp³-hybridized carbons (Fsp3) is 0.222. The zero-order valence-corrected chi connectivity index (χ0v) is 13.9. The SMILES string of the molecule is Cc1cccc(NC(=O)COCc2nc3ccccc3s2)c1C. The van der Waals surface area contributed by atoms with Crippen molar-refractivity contribution < 1.29 is 9.53 Å². The molecule has 0 unspecified atom stereocenters. The number of para-hydroxylation sites is 1. The first-order chi connectivity index (χ1) is 11.1. The minimum Gasteiger partial charge on any atom is -0.364 e. The first kappa shape index (κ1) is 15.6. The Labute approximate surface area is 139 Å². The van der Waals surface area contributed by atoms with Gasteiger partial charge in [-0.2, -0.15) is 0 Å². The quantitative estimate of drug-likeness (QED) is 0.769. The van der Waals surface area contributed by atoms with Crippen LogP contribution in [0.15, 0.2) is 42.5 Å². The summed E-state index contributed by atoms with van der Waals surface area (Å²) in [6.07, 6.45) is 0. The van der Waals surface area contributed by atoms with E-state index in [1.807, 2.05) is 56.3 Å². The lowest BCUT2D eigenvalue weighted by atomic mass is 10.1. The monoisotopic (exact) mass is 326 g/mol. The van der Waals surface area contributed by atoms with Crippen LogP contribution in [0.1, 0.15) is 16.1 Å². The summed E-state index contributed by atoms with van der Waals surface area (Å²) >= 11 is 1.59. The van der Waals surface area contributed by atoms with Crippen LogP contribution in [0.4, 0.5) is 5.69 Å². The summed E-state index contributed by atoms with van der Waals surface area (Å²) in [5.74, 6) is -0.153. The molecule has 0 spiro atoms. The molecule has 1 amide bonds. The van der Waals surface area contributed by atoms with Crippen molar-refractivity contribution in [3.8, 4) is 0 Å². The molecule has 118 valence electrons. The van der Waals surface area contributed by atoms with Gasteiger partial charge in [0.25, 0.3) is 0 Å². The van der Waals surface area contributed by atoms with Crippen molar-refractivity contribution in [1.82, 2.24) is 4.98 Å². The third-order valence-electron chi connectivity index (χ3n) is 3.68. The minimum atomic E-state index is -0.153. The van der Waals surface area contributed by atoms with Crippen LogP contribution in [0, 0.1) is 13.8 Å². The number of ether oxygens (including phenoxy) is 1. The highest BCUT2D eigenvalue weighted by Crippen LogP contribution is 2.22. The molecule has 0 aliphatic heterocycles. The molecule has 1 heterocycles. The highest BCUT2D eigenvalue weighted by atomic mass is 32.1. The summed E-state index contributed by atoms with van der Waals surface area (Å²) in [4.78, 5) is 16.5. The second-order valence-corrected chi connectivity index (χ2v) is 6.48. The predicted molar refractivity (Wildman–Crippen MR) is 93.8 cm³/mol. The maximum absolute atomic E-state index is 12.0. The lowest BCUT2D eigenvalue weighted by Gasteiger charge is -2.10. The number of aryl methyl sites for hydroxylation is 1. The number of nitrogens with zero attached hydrogens (tertiary/aromatic N) is 1. The van der Waals surface area contributed by atoms with Gasteiger partial charge in [0, 0.05) is 5.69 Å². The molecule has 1 N–H and O–H groups in total. The maximum Gasteiger partial charge on any atom is 0.250 e. The molecule has 0 bridgehead atoms. The number of nitrogens with one attached hydrogen (secondary N) is 1. The average Bonchev–Trinajstić information content (AvgIpc) is 2.94. The minimum absolute atomic E-state index is 0.0172. The number of aromatic nitrogens is 1. The van der Waals surface area contributed by atoms with Gasteiger partial charge >= 0.3 is 0 Å². The molecule has 3 rings (SSSR count). The van der Waals surface area contributed by atoms with E-state index in [-0.39, 0.29) is 12.5 Å². The zero-order chi connectivity index (χ0) is 16.2. The Kier molecular flexibility index (Phi) is 4.69. The van der Waals surface area contributed by atoms with Crippen LogP contribution in [-0.2, 0) is 16.1 Å². The Morgan fingerprint density at radius 3 is 2.83 bits per heavy atom. The first-order valence-electron chi connectivity index (χ1n) is 7.42. The van der Waals surface area contributed by atoms with Crippen LogP contribution in [0.3, 0.4) is 0 Å². The molecule has 0 saturated carbocycles. The maximum atomic E-state index is 12.0. The van der Waals surface area contributed by atoms with E-state index in [0.29, 0.717) is 6.61 Å². The highest BCUT2D eigenvalue weighted by molar-refractivity contribution is 7.18. The van der Waals surface area contributed by atoms with Crippen LogP contribution in [-0.4, -0.2) is 17.5 Å². The lowest BCUT2D eigenvalue weighted by molar-refractivity contribution is -0.121. The predicted octanol–water partition coefficient (Wildman–Crippen LogP) is 4.07. The zero-order valence-electron chi connectivity index (χ0n) is 13.1. The van der Waals surface area contributed by atoms with E-state index in [0.717, 1.165) is 32.0 Å². The smallest absolute Gasteiger partial charge is 0.250 e. The third-order valence-corrected chi connectivity index (χ3v) is 4.69. The number of amides is 1. The number of anilines is 1. The summed E-state index contributed by atoms with van der Waals surface area (Å²) in [5, 5.41) is 3.76. The fourth-order valence-corrected chi connectivity index (χ4v) is 3.19. The van der Waals surface area contributed by atoms with E-state index in [4.69, 9.17) is 4.74 Å². The van der Waals surface area contributed by atoms with Crippen molar-refractivity contribution in [2.45, 2.75) is 20.5 Å². The highest BCUT2D eigenvalue weighted by Gasteiger charge is 2.08. The topological polar surface area (TPSA) is 51.2 Å². The number of carbonyl (C=O) groups excluding carboxylic acids is 1. The number of hydrogen-bond acceptors (Lipinski definition) is 4. The summed E-state index contributed by atoms with van der Waals surface area (Å²) in [7, 11) is 0. The summed E-state index contributed by atoms with van der Waals surface area (Å²) < 4.78 is 6.62. The standard InChI is InChI=1S/C18H18N2O2S/c1-12-6-5-8-14(13(12)2)19-17(21)10-22-11-18-20-15-7-3-4-9-16(15)23-18/h3-9H,10-11H2,1-2H3,(H,19,21). The van der Waals surface area contributed by atoms with E-state index in [1.165, 1.54) is 0 Å². The Morgan fingerprint density at radius 2 is 2.00 bits per heavy atom.